The molecule has 0 radical (unpaired) electrons. The monoisotopic (exact) mass is 464 g/mol. The predicted molar refractivity (Wildman–Crippen MR) is 115 cm³/mol. The maximum absolute atomic E-state index is 12.5. The second kappa shape index (κ2) is 10.7. The topological polar surface area (TPSA) is 117 Å². The van der Waals surface area contributed by atoms with Crippen LogP contribution >= 0.6 is 11.6 Å². The lowest BCUT2D eigenvalue weighted by Gasteiger charge is -2.17. The molecule has 9 nitrogen and oxygen atoms in total. The van der Waals surface area contributed by atoms with Crippen LogP contribution in [0.4, 0.5) is 0 Å². The molecule has 2 heterocycles. The van der Waals surface area contributed by atoms with E-state index < -0.39 is 35.7 Å². The maximum Gasteiger partial charge on any atom is 0.339 e. The Labute approximate surface area is 189 Å². The van der Waals surface area contributed by atoms with Crippen LogP contribution in [0.3, 0.4) is 0 Å². The van der Waals surface area contributed by atoms with Crippen LogP contribution in [-0.2, 0) is 36.9 Å². The number of rotatable bonds is 9. The Hall–Kier alpha value is -2.75. The molecular weight excluding hydrogens is 440 g/mol. The lowest BCUT2D eigenvalue weighted by molar-refractivity contribution is -0.302. The number of carbonyl (C=O) groups is 2. The Bertz CT molecular complexity index is 1090. The summed E-state index contributed by atoms with van der Waals surface area (Å²) < 4.78 is 7.27. The van der Waals surface area contributed by atoms with Crippen molar-refractivity contribution in [2.45, 2.75) is 64.4 Å². The van der Waals surface area contributed by atoms with Gasteiger partial charge in [0.05, 0.1) is 6.10 Å². The molecule has 1 fully saturated rings. The zero-order valence-corrected chi connectivity index (χ0v) is 18.6. The summed E-state index contributed by atoms with van der Waals surface area (Å²) in [5.41, 5.74) is 0.119. The normalized spacial score (nSPS) is 20.3. The van der Waals surface area contributed by atoms with Crippen molar-refractivity contribution >= 4 is 23.4 Å². The highest BCUT2D eigenvalue weighted by Gasteiger charge is 2.39. The van der Waals surface area contributed by atoms with Crippen LogP contribution in [0.25, 0.3) is 0 Å². The van der Waals surface area contributed by atoms with E-state index in [1.54, 1.807) is 25.1 Å². The van der Waals surface area contributed by atoms with Gasteiger partial charge in [0.15, 0.2) is 0 Å². The molecule has 3 rings (SSSR count). The lowest BCUT2D eigenvalue weighted by atomic mass is 10.0. The van der Waals surface area contributed by atoms with E-state index in [1.165, 1.54) is 17.7 Å². The number of hydrogen-bond donors (Lipinski definition) is 1. The first kappa shape index (κ1) is 23.9. The molecule has 0 spiro atoms. The summed E-state index contributed by atoms with van der Waals surface area (Å²) in [6.07, 6.45) is 0.743. The zero-order valence-electron chi connectivity index (χ0n) is 17.8. The average molecular weight is 465 g/mol. The number of ether oxygens (including phenoxy) is 1. The maximum atomic E-state index is 12.5. The van der Waals surface area contributed by atoms with Crippen LogP contribution < -0.4 is 11.2 Å². The molecule has 0 unspecified atom stereocenters. The van der Waals surface area contributed by atoms with Crippen LogP contribution in [0.5, 0.6) is 0 Å². The largest absolute Gasteiger partial charge is 0.352 e. The average Bonchev–Trinajstić information content (AvgIpc) is 3.15. The highest BCUT2D eigenvalue weighted by molar-refractivity contribution is 6.31. The number of carbonyl (C=O) groups excluding carboxylic acids is 2. The molecule has 10 heteroatoms. The van der Waals surface area contributed by atoms with Crippen LogP contribution in [0, 0.1) is 0 Å². The third-order valence-electron chi connectivity index (χ3n) is 5.26. The Morgan fingerprint density at radius 2 is 2.00 bits per heavy atom. The van der Waals surface area contributed by atoms with Gasteiger partial charge in [-0.05, 0) is 24.5 Å². The van der Waals surface area contributed by atoms with Crippen molar-refractivity contribution in [2.75, 3.05) is 0 Å². The minimum atomic E-state index is -0.742. The van der Waals surface area contributed by atoms with Crippen LogP contribution in [0.2, 0.25) is 5.02 Å². The molecular formula is C22H25ClN2O7. The number of Topliss-reactive ketones (excluding diaryl/α,β-unsaturated/α-hetero) is 1. The first-order valence-corrected chi connectivity index (χ1v) is 10.7. The Kier molecular flexibility index (Phi) is 8.00. The third-order valence-corrected chi connectivity index (χ3v) is 5.62. The summed E-state index contributed by atoms with van der Waals surface area (Å²) in [5.74, 6) is -0.665. The summed E-state index contributed by atoms with van der Waals surface area (Å²) in [6.45, 7) is 3.00. The number of aryl methyl sites for hydroxylation is 1. The van der Waals surface area contributed by atoms with Crippen molar-refractivity contribution in [1.82, 2.24) is 9.55 Å². The van der Waals surface area contributed by atoms with Gasteiger partial charge in [-0.15, -0.1) is 0 Å². The Balaban J connectivity index is 1.71. The SMILES string of the molecule is CCc1cn([C@H]2C[C@H](OOC(C)=O)[C@@H](CCC(=O)Cc3ccccc3Cl)O2)c(=O)[nH]c1=O. The standard InChI is InChI=1S/C22H25ClN2O7/c1-3-14-12-25(22(29)24-21(14)28)20-11-19(32-31-13(2)26)18(30-20)9-8-16(27)10-15-6-4-5-7-17(15)23/h4-7,12,18-20H,3,8-11H2,1-2H3,(H,24,28,29)/t18-,19+,20-/m1/s1. The van der Waals surface area contributed by atoms with Gasteiger partial charge in [-0.2, -0.15) is 4.89 Å². The molecule has 1 N–H and O–H groups in total. The molecule has 3 atom stereocenters. The molecule has 172 valence electrons. The van der Waals surface area contributed by atoms with Crippen molar-refractivity contribution < 1.29 is 24.1 Å². The number of halogens is 1. The van der Waals surface area contributed by atoms with Crippen molar-refractivity contribution in [2.24, 2.45) is 0 Å². The summed E-state index contributed by atoms with van der Waals surface area (Å²) in [5, 5.41) is 0.526. The highest BCUT2D eigenvalue weighted by Crippen LogP contribution is 2.32. The molecule has 2 aromatic rings. The fraction of sp³-hybridized carbons (Fsp3) is 0.455. The number of aromatic amines is 1. The van der Waals surface area contributed by atoms with Crippen molar-refractivity contribution in [3.63, 3.8) is 0 Å². The number of benzene rings is 1. The number of nitrogens with one attached hydrogen (secondary N) is 1. The van der Waals surface area contributed by atoms with Crippen LogP contribution in [-0.4, -0.2) is 33.5 Å². The molecule has 0 bridgehead atoms. The fourth-order valence-electron chi connectivity index (χ4n) is 3.60. The van der Waals surface area contributed by atoms with E-state index in [1.807, 2.05) is 6.07 Å². The van der Waals surface area contributed by atoms with E-state index in [9.17, 15) is 19.2 Å². The van der Waals surface area contributed by atoms with Gasteiger partial charge in [0.25, 0.3) is 5.56 Å². The number of nitrogens with zero attached hydrogens (tertiary/aromatic N) is 1. The van der Waals surface area contributed by atoms with E-state index >= 15 is 0 Å². The van der Waals surface area contributed by atoms with E-state index in [2.05, 4.69) is 9.87 Å². The van der Waals surface area contributed by atoms with E-state index in [-0.39, 0.29) is 25.0 Å². The quantitative estimate of drug-likeness (QED) is 0.447. The summed E-state index contributed by atoms with van der Waals surface area (Å²) >= 11 is 6.12. The first-order valence-electron chi connectivity index (χ1n) is 10.4. The second-order valence-corrected chi connectivity index (χ2v) is 8.00. The summed E-state index contributed by atoms with van der Waals surface area (Å²) in [6, 6.07) is 7.13. The van der Waals surface area contributed by atoms with Gasteiger partial charge in [-0.25, -0.2) is 9.59 Å². The first-order chi connectivity index (χ1) is 15.3. The number of H-pyrrole nitrogens is 1. The molecule has 1 saturated heterocycles. The number of hydrogen-bond acceptors (Lipinski definition) is 7. The minimum Gasteiger partial charge on any atom is -0.352 e. The van der Waals surface area contributed by atoms with Gasteiger partial charge in [0.2, 0.25) is 0 Å². The van der Waals surface area contributed by atoms with Crippen LogP contribution in [0.1, 0.15) is 50.5 Å². The van der Waals surface area contributed by atoms with E-state index in [0.29, 0.717) is 23.4 Å². The Morgan fingerprint density at radius 1 is 1.25 bits per heavy atom. The molecule has 1 aromatic carbocycles. The summed E-state index contributed by atoms with van der Waals surface area (Å²) in [4.78, 5) is 60.0. The van der Waals surface area contributed by atoms with E-state index in [0.717, 1.165) is 5.56 Å². The van der Waals surface area contributed by atoms with Crippen LogP contribution in [0.15, 0.2) is 40.1 Å². The smallest absolute Gasteiger partial charge is 0.339 e. The van der Waals surface area contributed by atoms with Crippen molar-refractivity contribution in [3.05, 3.63) is 67.4 Å². The number of aromatic nitrogens is 2. The lowest BCUT2D eigenvalue weighted by Crippen LogP contribution is -2.34. The third kappa shape index (κ3) is 5.93. The van der Waals surface area contributed by atoms with Crippen molar-refractivity contribution in [3.8, 4) is 0 Å². The predicted octanol–water partition coefficient (Wildman–Crippen LogP) is 2.50. The molecule has 1 aromatic heterocycles. The van der Waals surface area contributed by atoms with Gasteiger partial charge >= 0.3 is 11.7 Å². The van der Waals surface area contributed by atoms with Gasteiger partial charge in [-0.1, -0.05) is 36.7 Å². The molecule has 1 aliphatic heterocycles. The van der Waals surface area contributed by atoms with Crippen molar-refractivity contribution in [1.29, 1.82) is 0 Å². The summed E-state index contributed by atoms with van der Waals surface area (Å²) in [7, 11) is 0. The molecule has 0 amide bonds. The van der Waals surface area contributed by atoms with Gasteiger partial charge < -0.3 is 4.74 Å². The zero-order chi connectivity index (χ0) is 23.3. The van der Waals surface area contributed by atoms with E-state index in [4.69, 9.17) is 21.2 Å². The second-order valence-electron chi connectivity index (χ2n) is 7.59. The minimum absolute atomic E-state index is 0.0362. The molecule has 0 saturated carbocycles. The number of ketones is 1. The molecule has 1 aliphatic rings. The van der Waals surface area contributed by atoms with Gasteiger partial charge in [0, 0.05) is 43.0 Å². The fourth-order valence-corrected chi connectivity index (χ4v) is 3.80. The molecule has 32 heavy (non-hydrogen) atoms. The Morgan fingerprint density at radius 3 is 2.69 bits per heavy atom. The van der Waals surface area contributed by atoms with Gasteiger partial charge in [0.1, 0.15) is 18.1 Å². The molecule has 0 aliphatic carbocycles. The highest BCUT2D eigenvalue weighted by atomic mass is 35.5. The van der Waals surface area contributed by atoms with Gasteiger partial charge in [-0.3, -0.25) is 24.0 Å².